The zero-order valence-corrected chi connectivity index (χ0v) is 11.2. The number of nitrogens with zero attached hydrogens (tertiary/aromatic N) is 1. The fraction of sp³-hybridized carbons (Fsp3) is 0. The van der Waals surface area contributed by atoms with E-state index in [0.29, 0.717) is 21.2 Å². The normalized spacial score (nSPS) is 11.2. The first kappa shape index (κ1) is 13.6. The van der Waals surface area contributed by atoms with Crippen LogP contribution in [0.1, 0.15) is 11.1 Å². The lowest BCUT2D eigenvalue weighted by atomic mass is 10.0. The van der Waals surface area contributed by atoms with Gasteiger partial charge in [0.2, 0.25) is 0 Å². The molecule has 0 spiro atoms. The van der Waals surface area contributed by atoms with E-state index < -0.39 is 0 Å². The van der Waals surface area contributed by atoms with E-state index in [9.17, 15) is 9.65 Å². The Labute approximate surface area is 120 Å². The van der Waals surface area contributed by atoms with Crippen molar-refractivity contribution in [1.29, 1.82) is 5.26 Å². The van der Waals surface area contributed by atoms with E-state index in [4.69, 9.17) is 23.2 Å². The SMILES string of the molecule is N#C/C(=C/c1ccc(F)cc1)c1ccc(Cl)c(Cl)c1. The minimum atomic E-state index is -0.315. The molecule has 0 bridgehead atoms. The highest BCUT2D eigenvalue weighted by atomic mass is 35.5. The van der Waals surface area contributed by atoms with Gasteiger partial charge in [0.25, 0.3) is 0 Å². The van der Waals surface area contributed by atoms with Gasteiger partial charge in [-0.15, -0.1) is 0 Å². The van der Waals surface area contributed by atoms with Crippen LogP contribution in [0.2, 0.25) is 10.0 Å². The smallest absolute Gasteiger partial charge is 0.123 e. The van der Waals surface area contributed by atoms with Gasteiger partial charge in [-0.05, 0) is 41.5 Å². The molecular weight excluding hydrogens is 284 g/mol. The van der Waals surface area contributed by atoms with Crippen LogP contribution in [0, 0.1) is 17.1 Å². The summed E-state index contributed by atoms with van der Waals surface area (Å²) in [5.41, 5.74) is 1.84. The minimum absolute atomic E-state index is 0.315. The van der Waals surface area contributed by atoms with Crippen LogP contribution in [0.25, 0.3) is 11.6 Å². The van der Waals surface area contributed by atoms with E-state index >= 15 is 0 Å². The van der Waals surface area contributed by atoms with Crippen molar-refractivity contribution in [1.82, 2.24) is 0 Å². The van der Waals surface area contributed by atoms with Crippen LogP contribution < -0.4 is 0 Å². The maximum atomic E-state index is 12.8. The van der Waals surface area contributed by atoms with E-state index in [1.807, 2.05) is 0 Å². The lowest BCUT2D eigenvalue weighted by Crippen LogP contribution is -1.83. The van der Waals surface area contributed by atoms with Gasteiger partial charge >= 0.3 is 0 Å². The molecule has 0 fully saturated rings. The number of benzene rings is 2. The Hall–Kier alpha value is -1.82. The summed E-state index contributed by atoms with van der Waals surface area (Å²) < 4.78 is 12.8. The number of halogens is 3. The fourth-order valence-corrected chi connectivity index (χ4v) is 1.87. The Morgan fingerprint density at radius 1 is 1.05 bits per heavy atom. The molecule has 0 heterocycles. The predicted molar refractivity (Wildman–Crippen MR) is 76.3 cm³/mol. The average molecular weight is 292 g/mol. The summed E-state index contributed by atoms with van der Waals surface area (Å²) in [4.78, 5) is 0. The molecule has 2 aromatic rings. The third kappa shape index (κ3) is 3.35. The predicted octanol–water partition coefficient (Wildman–Crippen LogP) is 5.20. The summed E-state index contributed by atoms with van der Waals surface area (Å²) in [5.74, 6) is -0.315. The van der Waals surface area contributed by atoms with Crippen molar-refractivity contribution in [2.45, 2.75) is 0 Å². The minimum Gasteiger partial charge on any atom is -0.207 e. The van der Waals surface area contributed by atoms with Crippen LogP contribution in [-0.2, 0) is 0 Å². The third-order valence-electron chi connectivity index (χ3n) is 2.53. The summed E-state index contributed by atoms with van der Waals surface area (Å²) in [6, 6.07) is 13.0. The third-order valence-corrected chi connectivity index (χ3v) is 3.27. The van der Waals surface area contributed by atoms with Gasteiger partial charge in [-0.3, -0.25) is 0 Å². The summed E-state index contributed by atoms with van der Waals surface area (Å²) in [6.45, 7) is 0. The van der Waals surface area contributed by atoms with Gasteiger partial charge < -0.3 is 0 Å². The molecule has 0 aliphatic carbocycles. The Morgan fingerprint density at radius 3 is 2.32 bits per heavy atom. The zero-order valence-electron chi connectivity index (χ0n) is 9.70. The van der Waals surface area contributed by atoms with Crippen LogP contribution >= 0.6 is 23.2 Å². The molecule has 4 heteroatoms. The first-order valence-electron chi connectivity index (χ1n) is 5.43. The summed E-state index contributed by atoms with van der Waals surface area (Å²) >= 11 is 11.8. The van der Waals surface area contributed by atoms with Crippen LogP contribution in [0.5, 0.6) is 0 Å². The Morgan fingerprint density at radius 2 is 1.74 bits per heavy atom. The molecule has 0 aliphatic rings. The molecule has 0 saturated heterocycles. The van der Waals surface area contributed by atoms with E-state index in [1.165, 1.54) is 12.1 Å². The summed E-state index contributed by atoms with van der Waals surface area (Å²) in [6.07, 6.45) is 1.67. The standard InChI is InChI=1S/C15H8Cl2FN/c16-14-6-3-11(8-15(14)17)12(9-19)7-10-1-4-13(18)5-2-10/h1-8H/b12-7-. The summed E-state index contributed by atoms with van der Waals surface area (Å²) in [7, 11) is 0. The molecule has 0 unspecified atom stereocenters. The molecule has 1 nitrogen and oxygen atoms in total. The van der Waals surface area contributed by atoms with Crippen molar-refractivity contribution in [3.8, 4) is 6.07 Å². The van der Waals surface area contributed by atoms with E-state index in [-0.39, 0.29) is 5.82 Å². The van der Waals surface area contributed by atoms with Crippen molar-refractivity contribution in [2.24, 2.45) is 0 Å². The van der Waals surface area contributed by atoms with Gasteiger partial charge in [0.15, 0.2) is 0 Å². The van der Waals surface area contributed by atoms with Gasteiger partial charge in [0, 0.05) is 0 Å². The average Bonchev–Trinajstić information content (AvgIpc) is 2.41. The summed E-state index contributed by atoms with van der Waals surface area (Å²) in [5, 5.41) is 10.0. The Kier molecular flexibility index (Phi) is 4.21. The van der Waals surface area contributed by atoms with Gasteiger partial charge in [-0.2, -0.15) is 5.26 Å². The van der Waals surface area contributed by atoms with Crippen molar-refractivity contribution >= 4 is 34.9 Å². The molecule has 0 radical (unpaired) electrons. The number of nitriles is 1. The maximum absolute atomic E-state index is 12.8. The molecule has 19 heavy (non-hydrogen) atoms. The van der Waals surface area contributed by atoms with E-state index in [0.717, 1.165) is 5.56 Å². The highest BCUT2D eigenvalue weighted by Gasteiger charge is 2.04. The van der Waals surface area contributed by atoms with Crippen molar-refractivity contribution in [2.75, 3.05) is 0 Å². The van der Waals surface area contributed by atoms with Gasteiger partial charge in [-0.1, -0.05) is 41.4 Å². The monoisotopic (exact) mass is 291 g/mol. The number of allylic oxidation sites excluding steroid dienone is 1. The second-order valence-electron chi connectivity index (χ2n) is 3.85. The lowest BCUT2D eigenvalue weighted by Gasteiger charge is -2.02. The van der Waals surface area contributed by atoms with Crippen molar-refractivity contribution in [3.63, 3.8) is 0 Å². The van der Waals surface area contributed by atoms with Crippen LogP contribution in [-0.4, -0.2) is 0 Å². The Balaban J connectivity index is 2.42. The number of hydrogen-bond donors (Lipinski definition) is 0. The topological polar surface area (TPSA) is 23.8 Å². The van der Waals surface area contributed by atoms with E-state index in [2.05, 4.69) is 6.07 Å². The highest BCUT2D eigenvalue weighted by molar-refractivity contribution is 6.42. The second kappa shape index (κ2) is 5.88. The zero-order chi connectivity index (χ0) is 13.8. The Bertz CT molecular complexity index is 670. The lowest BCUT2D eigenvalue weighted by molar-refractivity contribution is 0.628. The number of rotatable bonds is 2. The van der Waals surface area contributed by atoms with Crippen LogP contribution in [0.15, 0.2) is 42.5 Å². The molecular formula is C15H8Cl2FN. The van der Waals surface area contributed by atoms with Gasteiger partial charge in [-0.25, -0.2) is 4.39 Å². The molecule has 94 valence electrons. The van der Waals surface area contributed by atoms with Crippen LogP contribution in [0.4, 0.5) is 4.39 Å². The first-order chi connectivity index (χ1) is 9.10. The molecule has 2 aromatic carbocycles. The van der Waals surface area contributed by atoms with Crippen LogP contribution in [0.3, 0.4) is 0 Å². The fourth-order valence-electron chi connectivity index (χ4n) is 1.57. The molecule has 0 aromatic heterocycles. The maximum Gasteiger partial charge on any atom is 0.123 e. The van der Waals surface area contributed by atoms with Crippen molar-refractivity contribution in [3.05, 3.63) is 69.5 Å². The second-order valence-corrected chi connectivity index (χ2v) is 4.66. The largest absolute Gasteiger partial charge is 0.207 e. The quantitative estimate of drug-likeness (QED) is 0.551. The highest BCUT2D eigenvalue weighted by Crippen LogP contribution is 2.27. The van der Waals surface area contributed by atoms with E-state index in [1.54, 1.807) is 36.4 Å². The van der Waals surface area contributed by atoms with Gasteiger partial charge in [0.1, 0.15) is 5.82 Å². The number of hydrogen-bond acceptors (Lipinski definition) is 1. The first-order valence-corrected chi connectivity index (χ1v) is 6.18. The molecule has 0 saturated carbocycles. The van der Waals surface area contributed by atoms with Gasteiger partial charge in [0.05, 0.1) is 21.7 Å². The molecule has 0 amide bonds. The molecule has 0 aliphatic heterocycles. The molecule has 0 N–H and O–H groups in total. The van der Waals surface area contributed by atoms with Crippen molar-refractivity contribution < 1.29 is 4.39 Å². The molecule has 2 rings (SSSR count). The molecule has 0 atom stereocenters.